The van der Waals surface area contributed by atoms with Crippen molar-refractivity contribution >= 4 is 29.3 Å². The van der Waals surface area contributed by atoms with E-state index in [2.05, 4.69) is 16.3 Å². The van der Waals surface area contributed by atoms with Gasteiger partial charge in [0.1, 0.15) is 11.3 Å². The van der Waals surface area contributed by atoms with Gasteiger partial charge in [0.15, 0.2) is 5.76 Å². The van der Waals surface area contributed by atoms with Crippen LogP contribution >= 0.6 is 12.4 Å². The maximum Gasteiger partial charge on any atom is 0.287 e. The molecular weight excluding hydrogens is 388 g/mol. The topological polar surface area (TPSA) is 54.7 Å². The third-order valence-corrected chi connectivity index (χ3v) is 6.12. The summed E-state index contributed by atoms with van der Waals surface area (Å²) in [7, 11) is 1.67. The number of nitrogens with one attached hydrogen (secondary N) is 1. The molecule has 0 aliphatic carbocycles. The third-order valence-electron chi connectivity index (χ3n) is 6.12. The molecule has 1 atom stereocenters. The molecule has 2 aromatic carbocycles. The van der Waals surface area contributed by atoms with Gasteiger partial charge in [-0.1, -0.05) is 18.2 Å². The smallest absolute Gasteiger partial charge is 0.287 e. The lowest BCUT2D eigenvalue weighted by molar-refractivity contribution is 0.0607. The number of fused-ring (bicyclic) bond motifs is 4. The molecular formula is C23H25ClN2O3. The summed E-state index contributed by atoms with van der Waals surface area (Å²) in [4.78, 5) is 15.2. The van der Waals surface area contributed by atoms with Crippen molar-refractivity contribution in [3.63, 3.8) is 0 Å². The molecule has 4 heterocycles. The number of piperidine rings is 3. The Hall–Kier alpha value is -2.50. The summed E-state index contributed by atoms with van der Waals surface area (Å²) in [6.45, 7) is 3.28. The highest BCUT2D eigenvalue weighted by Crippen LogP contribution is 2.30. The fourth-order valence-electron chi connectivity index (χ4n) is 4.51. The van der Waals surface area contributed by atoms with E-state index >= 15 is 0 Å². The number of hydrogen-bond acceptors (Lipinski definition) is 4. The fourth-order valence-corrected chi connectivity index (χ4v) is 4.51. The van der Waals surface area contributed by atoms with Gasteiger partial charge >= 0.3 is 0 Å². The largest absolute Gasteiger partial charge is 0.497 e. The van der Waals surface area contributed by atoms with Gasteiger partial charge in [0.2, 0.25) is 0 Å². The highest BCUT2D eigenvalue weighted by Gasteiger charge is 2.35. The average Bonchev–Trinajstić information content (AvgIpc) is 3.18. The Morgan fingerprint density at radius 2 is 1.90 bits per heavy atom. The van der Waals surface area contributed by atoms with Gasteiger partial charge < -0.3 is 19.4 Å². The Morgan fingerprint density at radius 3 is 2.62 bits per heavy atom. The third kappa shape index (κ3) is 3.85. The van der Waals surface area contributed by atoms with Crippen molar-refractivity contribution in [2.24, 2.45) is 5.92 Å². The van der Waals surface area contributed by atoms with Crippen molar-refractivity contribution in [2.45, 2.75) is 18.9 Å². The number of hydrogen-bond donors (Lipinski definition) is 1. The number of carbonyl (C=O) groups is 1. The Kier molecular flexibility index (Phi) is 5.52. The quantitative estimate of drug-likeness (QED) is 0.692. The van der Waals surface area contributed by atoms with Crippen LogP contribution in [0.1, 0.15) is 23.4 Å². The average molecular weight is 413 g/mol. The molecule has 3 aliphatic rings. The van der Waals surface area contributed by atoms with E-state index in [0.29, 0.717) is 11.7 Å². The maximum atomic E-state index is 12.8. The first-order valence-corrected chi connectivity index (χ1v) is 9.91. The van der Waals surface area contributed by atoms with Crippen molar-refractivity contribution in [1.82, 2.24) is 10.2 Å². The molecule has 29 heavy (non-hydrogen) atoms. The van der Waals surface area contributed by atoms with Crippen LogP contribution in [0.2, 0.25) is 0 Å². The van der Waals surface area contributed by atoms with Gasteiger partial charge in [-0.15, -0.1) is 12.4 Å². The summed E-state index contributed by atoms with van der Waals surface area (Å²) in [6, 6.07) is 16.0. The van der Waals surface area contributed by atoms with Crippen molar-refractivity contribution in [3.8, 4) is 16.9 Å². The minimum atomic E-state index is -0.113. The highest BCUT2D eigenvalue weighted by atomic mass is 35.5. The predicted octanol–water partition coefficient (Wildman–Crippen LogP) is 4.35. The van der Waals surface area contributed by atoms with E-state index in [1.807, 2.05) is 42.5 Å². The first-order chi connectivity index (χ1) is 13.7. The predicted molar refractivity (Wildman–Crippen MR) is 116 cm³/mol. The SMILES string of the molecule is COc1cccc(-c2ccc3oc(C(=O)N[C@H]4CN5CCC4CC5)cc3c2)c1.Cl. The summed E-state index contributed by atoms with van der Waals surface area (Å²) in [6.07, 6.45) is 2.35. The number of benzene rings is 2. The maximum absolute atomic E-state index is 12.8. The van der Waals surface area contributed by atoms with Crippen LogP contribution in [0.15, 0.2) is 52.9 Å². The number of halogens is 1. The summed E-state index contributed by atoms with van der Waals surface area (Å²) < 4.78 is 11.2. The van der Waals surface area contributed by atoms with Crippen LogP contribution in [0.4, 0.5) is 0 Å². The molecule has 3 aromatic rings. The number of nitrogens with zero attached hydrogens (tertiary/aromatic N) is 1. The molecule has 3 fully saturated rings. The van der Waals surface area contributed by atoms with Gasteiger partial charge in [0, 0.05) is 18.0 Å². The van der Waals surface area contributed by atoms with E-state index in [4.69, 9.17) is 9.15 Å². The monoisotopic (exact) mass is 412 g/mol. The number of furan rings is 1. The van der Waals surface area contributed by atoms with Crippen LogP contribution in [-0.4, -0.2) is 43.6 Å². The molecule has 1 aromatic heterocycles. The van der Waals surface area contributed by atoms with Gasteiger partial charge in [-0.2, -0.15) is 0 Å². The number of methoxy groups -OCH3 is 1. The van der Waals surface area contributed by atoms with Crippen LogP contribution in [0.3, 0.4) is 0 Å². The number of ether oxygens (including phenoxy) is 1. The number of amides is 1. The summed E-state index contributed by atoms with van der Waals surface area (Å²) >= 11 is 0. The first kappa shape index (κ1) is 19.8. The van der Waals surface area contributed by atoms with Gasteiger partial charge in [-0.25, -0.2) is 0 Å². The molecule has 0 radical (unpaired) electrons. The Bertz CT molecular complexity index is 1020. The molecule has 5 nitrogen and oxygen atoms in total. The Balaban J connectivity index is 0.00000205. The highest BCUT2D eigenvalue weighted by molar-refractivity contribution is 5.97. The summed E-state index contributed by atoms with van der Waals surface area (Å²) in [5.41, 5.74) is 2.86. The van der Waals surface area contributed by atoms with Gasteiger partial charge in [-0.05, 0) is 73.3 Å². The molecule has 6 rings (SSSR count). The van der Waals surface area contributed by atoms with Crippen LogP contribution in [0.5, 0.6) is 5.75 Å². The van der Waals surface area contributed by atoms with Crippen molar-refractivity contribution in [3.05, 3.63) is 54.3 Å². The zero-order valence-corrected chi connectivity index (χ0v) is 17.2. The van der Waals surface area contributed by atoms with Gasteiger partial charge in [0.25, 0.3) is 5.91 Å². The molecule has 0 saturated carbocycles. The van der Waals surface area contributed by atoms with Crippen LogP contribution in [0, 0.1) is 5.92 Å². The molecule has 0 unspecified atom stereocenters. The lowest BCUT2D eigenvalue weighted by atomic mass is 9.84. The molecule has 6 heteroatoms. The molecule has 3 aliphatic heterocycles. The minimum absolute atomic E-state index is 0. The van der Waals surface area contributed by atoms with E-state index < -0.39 is 0 Å². The molecule has 1 N–H and O–H groups in total. The molecule has 2 bridgehead atoms. The Labute approximate surface area is 176 Å². The lowest BCUT2D eigenvalue weighted by Gasteiger charge is -2.44. The summed E-state index contributed by atoms with van der Waals surface area (Å²) in [5.74, 6) is 1.69. The molecule has 1 amide bonds. The standard InChI is InChI=1S/C23H24N2O3.ClH/c1-27-19-4-2-3-16(12-19)17-5-6-21-18(11-17)13-22(28-21)23(26)24-20-14-25-9-7-15(20)8-10-25;/h2-6,11-13,15,20H,7-10,14H2,1H3,(H,24,26);1H/t20-;/m0./s1. The van der Waals surface area contributed by atoms with E-state index in [9.17, 15) is 4.79 Å². The zero-order valence-electron chi connectivity index (χ0n) is 16.4. The van der Waals surface area contributed by atoms with Crippen LogP contribution in [-0.2, 0) is 0 Å². The van der Waals surface area contributed by atoms with Gasteiger partial charge in [-0.3, -0.25) is 4.79 Å². The van der Waals surface area contributed by atoms with E-state index in [1.165, 1.54) is 12.8 Å². The molecule has 0 spiro atoms. The second kappa shape index (κ2) is 8.09. The van der Waals surface area contributed by atoms with Crippen molar-refractivity contribution < 1.29 is 13.9 Å². The van der Waals surface area contributed by atoms with Crippen molar-refractivity contribution in [1.29, 1.82) is 0 Å². The van der Waals surface area contributed by atoms with Crippen LogP contribution < -0.4 is 10.1 Å². The van der Waals surface area contributed by atoms with Crippen LogP contribution in [0.25, 0.3) is 22.1 Å². The Morgan fingerprint density at radius 1 is 1.10 bits per heavy atom. The molecule has 152 valence electrons. The normalized spacial score (nSPS) is 22.9. The minimum Gasteiger partial charge on any atom is -0.497 e. The van der Waals surface area contributed by atoms with E-state index in [-0.39, 0.29) is 24.4 Å². The second-order valence-corrected chi connectivity index (χ2v) is 7.81. The lowest BCUT2D eigenvalue weighted by Crippen LogP contribution is -2.57. The van der Waals surface area contributed by atoms with E-state index in [0.717, 1.165) is 47.5 Å². The summed E-state index contributed by atoms with van der Waals surface area (Å²) in [5, 5.41) is 4.13. The second-order valence-electron chi connectivity index (χ2n) is 7.81. The zero-order chi connectivity index (χ0) is 19.1. The number of rotatable bonds is 4. The van der Waals surface area contributed by atoms with E-state index in [1.54, 1.807) is 7.11 Å². The number of carbonyl (C=O) groups excluding carboxylic acids is 1. The van der Waals surface area contributed by atoms with Crippen molar-refractivity contribution in [2.75, 3.05) is 26.7 Å². The fraction of sp³-hybridized carbons (Fsp3) is 0.348. The first-order valence-electron chi connectivity index (χ1n) is 9.91. The molecule has 3 saturated heterocycles. The van der Waals surface area contributed by atoms with Gasteiger partial charge in [0.05, 0.1) is 7.11 Å².